The van der Waals surface area contributed by atoms with Crippen molar-refractivity contribution in [3.63, 3.8) is 0 Å². The van der Waals surface area contributed by atoms with Gasteiger partial charge < -0.3 is 9.47 Å². The normalized spacial score (nSPS) is 11.2. The second-order valence-electron chi connectivity index (χ2n) is 5.29. The summed E-state index contributed by atoms with van der Waals surface area (Å²) in [6.45, 7) is 8.29. The molecule has 0 atom stereocenters. The minimum atomic E-state index is -0.0564. The molecule has 0 N–H and O–H groups in total. The third-order valence-corrected chi connectivity index (χ3v) is 2.78. The van der Waals surface area contributed by atoms with Crippen LogP contribution in [0.15, 0.2) is 18.2 Å². The molecule has 18 heavy (non-hydrogen) atoms. The standard InChI is InChI=1S/C15H22O3/c1-6-11(16)10-18-14-8-7-12(17-5)9-13(14)15(2,3)4/h7-9H,6,10H2,1-5H3. The molecule has 3 nitrogen and oxygen atoms in total. The van der Waals surface area contributed by atoms with Gasteiger partial charge in [-0.3, -0.25) is 4.79 Å². The minimum absolute atomic E-state index is 0.0564. The summed E-state index contributed by atoms with van der Waals surface area (Å²) in [6.07, 6.45) is 0.501. The number of ether oxygens (including phenoxy) is 2. The molecular weight excluding hydrogens is 228 g/mol. The molecule has 0 radical (unpaired) electrons. The van der Waals surface area contributed by atoms with Gasteiger partial charge in [-0.2, -0.15) is 0 Å². The van der Waals surface area contributed by atoms with E-state index >= 15 is 0 Å². The number of carbonyl (C=O) groups excluding carboxylic acids is 1. The Labute approximate surface area is 109 Å². The second-order valence-corrected chi connectivity index (χ2v) is 5.29. The highest BCUT2D eigenvalue weighted by Gasteiger charge is 2.20. The number of methoxy groups -OCH3 is 1. The average molecular weight is 250 g/mol. The molecule has 0 saturated carbocycles. The molecule has 100 valence electrons. The summed E-state index contributed by atoms with van der Waals surface area (Å²) < 4.78 is 10.8. The molecule has 0 bridgehead atoms. The maximum atomic E-state index is 11.3. The SMILES string of the molecule is CCC(=O)COc1ccc(OC)cc1C(C)(C)C. The van der Waals surface area contributed by atoms with Crippen molar-refractivity contribution in [3.8, 4) is 11.5 Å². The molecule has 0 aliphatic rings. The molecule has 0 aliphatic carbocycles. The first-order chi connectivity index (χ1) is 8.38. The van der Waals surface area contributed by atoms with Crippen LogP contribution in [0, 0.1) is 0 Å². The lowest BCUT2D eigenvalue weighted by Gasteiger charge is -2.23. The van der Waals surface area contributed by atoms with Gasteiger partial charge in [-0.1, -0.05) is 27.7 Å². The number of hydrogen-bond acceptors (Lipinski definition) is 3. The van der Waals surface area contributed by atoms with Gasteiger partial charge in [0.2, 0.25) is 0 Å². The molecule has 1 aromatic carbocycles. The molecule has 0 saturated heterocycles. The zero-order chi connectivity index (χ0) is 13.8. The lowest BCUT2D eigenvalue weighted by molar-refractivity contribution is -0.120. The highest BCUT2D eigenvalue weighted by molar-refractivity contribution is 5.79. The van der Waals surface area contributed by atoms with E-state index in [-0.39, 0.29) is 17.8 Å². The molecule has 0 spiro atoms. The molecule has 0 amide bonds. The van der Waals surface area contributed by atoms with Crippen molar-refractivity contribution in [2.45, 2.75) is 39.5 Å². The number of carbonyl (C=O) groups is 1. The number of hydrogen-bond donors (Lipinski definition) is 0. The van der Waals surface area contributed by atoms with Gasteiger partial charge >= 0.3 is 0 Å². The summed E-state index contributed by atoms with van der Waals surface area (Å²) in [7, 11) is 1.64. The lowest BCUT2D eigenvalue weighted by Crippen LogP contribution is -2.16. The molecule has 1 rings (SSSR count). The highest BCUT2D eigenvalue weighted by atomic mass is 16.5. The van der Waals surface area contributed by atoms with Crippen LogP contribution in [0.2, 0.25) is 0 Å². The summed E-state index contributed by atoms with van der Waals surface area (Å²) in [5.74, 6) is 1.66. The number of benzene rings is 1. The van der Waals surface area contributed by atoms with Gasteiger partial charge in [0.1, 0.15) is 18.1 Å². The van der Waals surface area contributed by atoms with Gasteiger partial charge in [-0.25, -0.2) is 0 Å². The number of rotatable bonds is 5. The van der Waals surface area contributed by atoms with Crippen LogP contribution < -0.4 is 9.47 Å². The number of Topliss-reactive ketones (excluding diaryl/α,β-unsaturated/α-hetero) is 1. The van der Waals surface area contributed by atoms with E-state index in [1.54, 1.807) is 7.11 Å². The monoisotopic (exact) mass is 250 g/mol. The summed E-state index contributed by atoms with van der Waals surface area (Å²) in [5, 5.41) is 0. The van der Waals surface area contributed by atoms with Crippen molar-refractivity contribution in [1.82, 2.24) is 0 Å². The quantitative estimate of drug-likeness (QED) is 0.804. The van der Waals surface area contributed by atoms with Crippen LogP contribution in [0.4, 0.5) is 0 Å². The van der Waals surface area contributed by atoms with Crippen molar-refractivity contribution in [1.29, 1.82) is 0 Å². The van der Waals surface area contributed by atoms with Gasteiger partial charge in [-0.05, 0) is 23.6 Å². The third kappa shape index (κ3) is 3.76. The zero-order valence-corrected chi connectivity index (χ0v) is 11.9. The smallest absolute Gasteiger partial charge is 0.169 e. The predicted molar refractivity (Wildman–Crippen MR) is 72.5 cm³/mol. The van der Waals surface area contributed by atoms with E-state index < -0.39 is 0 Å². The largest absolute Gasteiger partial charge is 0.497 e. The first-order valence-corrected chi connectivity index (χ1v) is 6.21. The Morgan fingerprint density at radius 3 is 2.44 bits per heavy atom. The lowest BCUT2D eigenvalue weighted by atomic mass is 9.86. The van der Waals surface area contributed by atoms with Gasteiger partial charge in [0.05, 0.1) is 7.11 Å². The predicted octanol–water partition coefficient (Wildman–Crippen LogP) is 3.35. The van der Waals surface area contributed by atoms with E-state index in [0.29, 0.717) is 6.42 Å². The molecule has 0 unspecified atom stereocenters. The Kier molecular flexibility index (Phi) is 4.76. The Morgan fingerprint density at radius 1 is 1.28 bits per heavy atom. The van der Waals surface area contributed by atoms with E-state index in [1.165, 1.54) is 0 Å². The fraction of sp³-hybridized carbons (Fsp3) is 0.533. The highest BCUT2D eigenvalue weighted by Crippen LogP contribution is 2.34. The zero-order valence-electron chi connectivity index (χ0n) is 11.9. The van der Waals surface area contributed by atoms with E-state index in [1.807, 2.05) is 25.1 Å². The molecule has 0 aliphatic heterocycles. The first-order valence-electron chi connectivity index (χ1n) is 6.21. The van der Waals surface area contributed by atoms with E-state index in [0.717, 1.165) is 17.1 Å². The van der Waals surface area contributed by atoms with Crippen molar-refractivity contribution in [2.24, 2.45) is 0 Å². The fourth-order valence-corrected chi connectivity index (χ4v) is 1.61. The van der Waals surface area contributed by atoms with Gasteiger partial charge in [0.15, 0.2) is 5.78 Å². The molecule has 1 aromatic rings. The fourth-order valence-electron chi connectivity index (χ4n) is 1.61. The van der Waals surface area contributed by atoms with Crippen molar-refractivity contribution in [2.75, 3.05) is 13.7 Å². The third-order valence-electron chi connectivity index (χ3n) is 2.78. The van der Waals surface area contributed by atoms with Gasteiger partial charge in [0.25, 0.3) is 0 Å². The van der Waals surface area contributed by atoms with E-state index in [2.05, 4.69) is 20.8 Å². The van der Waals surface area contributed by atoms with Crippen molar-refractivity contribution >= 4 is 5.78 Å². The Hall–Kier alpha value is -1.51. The molecule has 0 aromatic heterocycles. The second kappa shape index (κ2) is 5.89. The maximum Gasteiger partial charge on any atom is 0.169 e. The van der Waals surface area contributed by atoms with Gasteiger partial charge in [0, 0.05) is 12.0 Å². The first kappa shape index (κ1) is 14.6. The van der Waals surface area contributed by atoms with Crippen LogP contribution in [0.1, 0.15) is 39.7 Å². The van der Waals surface area contributed by atoms with Crippen molar-refractivity contribution in [3.05, 3.63) is 23.8 Å². The summed E-state index contributed by atoms with van der Waals surface area (Å²) in [5.41, 5.74) is 0.991. The summed E-state index contributed by atoms with van der Waals surface area (Å²) in [4.78, 5) is 11.3. The van der Waals surface area contributed by atoms with Crippen LogP contribution in [0.5, 0.6) is 11.5 Å². The minimum Gasteiger partial charge on any atom is -0.497 e. The Balaban J connectivity index is 2.99. The molecule has 3 heteroatoms. The topological polar surface area (TPSA) is 35.5 Å². The van der Waals surface area contributed by atoms with Crippen LogP contribution in [0.3, 0.4) is 0 Å². The van der Waals surface area contributed by atoms with E-state index in [4.69, 9.17) is 9.47 Å². The molecule has 0 fully saturated rings. The van der Waals surface area contributed by atoms with Crippen LogP contribution in [-0.2, 0) is 10.2 Å². The molecular formula is C15H22O3. The summed E-state index contributed by atoms with van der Waals surface area (Å²) >= 11 is 0. The van der Waals surface area contributed by atoms with Crippen LogP contribution >= 0.6 is 0 Å². The summed E-state index contributed by atoms with van der Waals surface area (Å²) in [6, 6.07) is 5.68. The number of ketones is 1. The molecule has 0 heterocycles. The Morgan fingerprint density at radius 2 is 1.94 bits per heavy atom. The van der Waals surface area contributed by atoms with Crippen LogP contribution in [0.25, 0.3) is 0 Å². The van der Waals surface area contributed by atoms with Crippen LogP contribution in [-0.4, -0.2) is 19.5 Å². The maximum absolute atomic E-state index is 11.3. The van der Waals surface area contributed by atoms with Gasteiger partial charge in [-0.15, -0.1) is 0 Å². The Bertz CT molecular complexity index is 416. The van der Waals surface area contributed by atoms with E-state index in [9.17, 15) is 4.79 Å². The average Bonchev–Trinajstić information content (AvgIpc) is 2.34. The van der Waals surface area contributed by atoms with Crippen molar-refractivity contribution < 1.29 is 14.3 Å².